The number of aromatic nitrogens is 4. The van der Waals surface area contributed by atoms with Gasteiger partial charge in [0, 0.05) is 17.7 Å². The van der Waals surface area contributed by atoms with Gasteiger partial charge in [0.2, 0.25) is 0 Å². The Morgan fingerprint density at radius 2 is 2.21 bits per heavy atom. The Morgan fingerprint density at radius 1 is 1.39 bits per heavy atom. The zero-order valence-corrected chi connectivity index (χ0v) is 15.7. The van der Waals surface area contributed by atoms with Crippen LogP contribution >= 0.6 is 0 Å². The van der Waals surface area contributed by atoms with Gasteiger partial charge >= 0.3 is 5.63 Å². The monoisotopic (exact) mass is 385 g/mol. The fourth-order valence-corrected chi connectivity index (χ4v) is 3.25. The maximum atomic E-state index is 12.1. The Balaban J connectivity index is 1.71. The van der Waals surface area contributed by atoms with Crippen molar-refractivity contribution in [2.45, 2.75) is 39.2 Å². The van der Waals surface area contributed by atoms with Crippen LogP contribution in [-0.2, 0) is 11.2 Å². The molecule has 1 aliphatic rings. The molecule has 0 aliphatic carbocycles. The number of amides is 1. The van der Waals surface area contributed by atoms with Gasteiger partial charge in [-0.2, -0.15) is 5.21 Å². The van der Waals surface area contributed by atoms with Crippen LogP contribution in [0.1, 0.15) is 31.4 Å². The van der Waals surface area contributed by atoms with E-state index in [4.69, 9.17) is 13.9 Å². The molecule has 28 heavy (non-hydrogen) atoms. The largest absolute Gasteiger partial charge is 0.487 e. The minimum absolute atomic E-state index is 0.0520. The summed E-state index contributed by atoms with van der Waals surface area (Å²) in [5, 5.41) is 16.0. The first-order valence-corrected chi connectivity index (χ1v) is 8.78. The third-order valence-corrected chi connectivity index (χ3v) is 4.56. The minimum atomic E-state index is -0.455. The lowest BCUT2D eigenvalue weighted by atomic mass is 9.92. The molecular formula is C18H19N5O5. The molecule has 0 atom stereocenters. The number of rotatable bonds is 4. The molecule has 1 amide bonds. The van der Waals surface area contributed by atoms with E-state index in [2.05, 4.69) is 25.9 Å². The lowest BCUT2D eigenvalue weighted by molar-refractivity contribution is -0.118. The van der Waals surface area contributed by atoms with E-state index in [1.54, 1.807) is 13.0 Å². The number of carbonyl (C=O) groups is 1. The molecule has 0 radical (unpaired) electrons. The number of hydrogen-bond acceptors (Lipinski definition) is 8. The molecule has 4 rings (SSSR count). The summed E-state index contributed by atoms with van der Waals surface area (Å²) in [7, 11) is 0. The van der Waals surface area contributed by atoms with Crippen LogP contribution in [0.3, 0.4) is 0 Å². The van der Waals surface area contributed by atoms with Crippen LogP contribution in [0.5, 0.6) is 11.5 Å². The summed E-state index contributed by atoms with van der Waals surface area (Å²) in [4.78, 5) is 24.0. The molecule has 0 unspecified atom stereocenters. The van der Waals surface area contributed by atoms with Crippen LogP contribution in [0.15, 0.2) is 21.3 Å². The van der Waals surface area contributed by atoms with E-state index in [0.717, 1.165) is 12.0 Å². The second-order valence-corrected chi connectivity index (χ2v) is 7.24. The Hall–Kier alpha value is -3.43. The van der Waals surface area contributed by atoms with Gasteiger partial charge in [-0.05, 0) is 44.4 Å². The number of hydrogen-bond donors (Lipinski definition) is 2. The second kappa shape index (κ2) is 6.63. The van der Waals surface area contributed by atoms with E-state index in [9.17, 15) is 9.59 Å². The van der Waals surface area contributed by atoms with Crippen LogP contribution in [0, 0.1) is 6.92 Å². The third-order valence-electron chi connectivity index (χ3n) is 4.56. The average molecular weight is 385 g/mol. The van der Waals surface area contributed by atoms with E-state index in [0.29, 0.717) is 34.5 Å². The SMILES string of the molecule is Cc1cc(=O)oc2c3c(cc(OCC(=O)Nc4nn[nH]n4)c12)OC(C)(C)CC3. The van der Waals surface area contributed by atoms with Crippen LogP contribution in [0.2, 0.25) is 0 Å². The predicted molar refractivity (Wildman–Crippen MR) is 98.6 cm³/mol. The molecule has 10 nitrogen and oxygen atoms in total. The number of nitrogens with one attached hydrogen (secondary N) is 2. The van der Waals surface area contributed by atoms with Gasteiger partial charge in [-0.15, -0.1) is 5.10 Å². The lowest BCUT2D eigenvalue weighted by Gasteiger charge is -2.33. The molecule has 0 bridgehead atoms. The molecule has 2 aromatic heterocycles. The van der Waals surface area contributed by atoms with Gasteiger partial charge in [-0.1, -0.05) is 5.10 Å². The molecule has 1 aliphatic heterocycles. The number of benzene rings is 1. The van der Waals surface area contributed by atoms with Gasteiger partial charge in [-0.3, -0.25) is 10.1 Å². The summed E-state index contributed by atoms with van der Waals surface area (Å²) in [5.74, 6) is 0.585. The van der Waals surface area contributed by atoms with Gasteiger partial charge in [-0.25, -0.2) is 4.79 Å². The van der Waals surface area contributed by atoms with E-state index >= 15 is 0 Å². The van der Waals surface area contributed by atoms with Crippen molar-refractivity contribution in [3.63, 3.8) is 0 Å². The van der Waals surface area contributed by atoms with Crippen molar-refractivity contribution in [1.82, 2.24) is 20.6 Å². The number of tetrazole rings is 1. The van der Waals surface area contributed by atoms with Crippen molar-refractivity contribution < 1.29 is 18.7 Å². The first-order valence-electron chi connectivity index (χ1n) is 8.78. The summed E-state index contributed by atoms with van der Waals surface area (Å²) >= 11 is 0. The van der Waals surface area contributed by atoms with Gasteiger partial charge in [0.1, 0.15) is 22.7 Å². The Labute approximate surface area is 159 Å². The highest BCUT2D eigenvalue weighted by Gasteiger charge is 2.30. The molecule has 2 N–H and O–H groups in total. The maximum absolute atomic E-state index is 12.1. The number of aryl methyl sites for hydroxylation is 2. The lowest BCUT2D eigenvalue weighted by Crippen LogP contribution is -2.32. The Morgan fingerprint density at radius 3 is 2.96 bits per heavy atom. The molecule has 0 saturated carbocycles. The number of carbonyl (C=O) groups excluding carboxylic acids is 1. The van der Waals surface area contributed by atoms with Gasteiger partial charge < -0.3 is 13.9 Å². The highest BCUT2D eigenvalue weighted by Crippen LogP contribution is 2.42. The number of anilines is 1. The van der Waals surface area contributed by atoms with Crippen LogP contribution in [-0.4, -0.2) is 38.7 Å². The highest BCUT2D eigenvalue weighted by atomic mass is 16.5. The summed E-state index contributed by atoms with van der Waals surface area (Å²) in [6.07, 6.45) is 1.50. The van der Waals surface area contributed by atoms with Gasteiger partial charge in [0.05, 0.1) is 5.39 Å². The molecule has 146 valence electrons. The molecule has 0 spiro atoms. The second-order valence-electron chi connectivity index (χ2n) is 7.24. The first kappa shape index (κ1) is 18.0. The zero-order valence-electron chi connectivity index (χ0n) is 15.7. The van der Waals surface area contributed by atoms with E-state index in [1.165, 1.54) is 6.07 Å². The number of aromatic amines is 1. The smallest absolute Gasteiger partial charge is 0.336 e. The quantitative estimate of drug-likeness (QED) is 0.649. The molecule has 0 saturated heterocycles. The standard InChI is InChI=1S/C18H19N5O5/c1-9-6-14(25)27-16-10-4-5-18(2,3)28-11(10)7-12(15(9)16)26-8-13(24)19-17-20-22-23-21-17/h6-7H,4-5,8H2,1-3H3,(H2,19,20,21,22,23,24). The van der Waals surface area contributed by atoms with Crippen molar-refractivity contribution in [3.05, 3.63) is 33.7 Å². The third kappa shape index (κ3) is 3.40. The van der Waals surface area contributed by atoms with Crippen LogP contribution in [0.25, 0.3) is 11.0 Å². The molecular weight excluding hydrogens is 366 g/mol. The topological polar surface area (TPSA) is 132 Å². The van der Waals surface area contributed by atoms with E-state index in [-0.39, 0.29) is 18.2 Å². The minimum Gasteiger partial charge on any atom is -0.487 e. The molecule has 3 aromatic rings. The van der Waals surface area contributed by atoms with Crippen LogP contribution in [0.4, 0.5) is 5.95 Å². The number of fused-ring (bicyclic) bond motifs is 3. The van der Waals surface area contributed by atoms with Crippen molar-refractivity contribution in [3.8, 4) is 11.5 Å². The molecule has 3 heterocycles. The van der Waals surface area contributed by atoms with E-state index < -0.39 is 11.5 Å². The summed E-state index contributed by atoms with van der Waals surface area (Å²) in [5.41, 5.74) is 1.18. The Bertz CT molecular complexity index is 1100. The summed E-state index contributed by atoms with van der Waals surface area (Å²) < 4.78 is 17.3. The molecule has 0 fully saturated rings. The number of nitrogens with zero attached hydrogens (tertiary/aromatic N) is 3. The van der Waals surface area contributed by atoms with Crippen LogP contribution < -0.4 is 20.4 Å². The zero-order chi connectivity index (χ0) is 19.9. The van der Waals surface area contributed by atoms with Gasteiger partial charge in [0.15, 0.2) is 6.61 Å². The molecule has 1 aromatic carbocycles. The fourth-order valence-electron chi connectivity index (χ4n) is 3.25. The number of H-pyrrole nitrogens is 1. The Kier molecular flexibility index (Phi) is 4.25. The van der Waals surface area contributed by atoms with Gasteiger partial charge in [0.25, 0.3) is 11.9 Å². The maximum Gasteiger partial charge on any atom is 0.336 e. The summed E-state index contributed by atoms with van der Waals surface area (Å²) in [6.45, 7) is 5.49. The average Bonchev–Trinajstić information content (AvgIpc) is 3.11. The first-order chi connectivity index (χ1) is 13.3. The van der Waals surface area contributed by atoms with Crippen molar-refractivity contribution in [1.29, 1.82) is 0 Å². The van der Waals surface area contributed by atoms with Crippen molar-refractivity contribution in [2.24, 2.45) is 0 Å². The predicted octanol–water partition coefficient (Wildman–Crippen LogP) is 1.74. The number of ether oxygens (including phenoxy) is 2. The molecule has 10 heteroatoms. The van der Waals surface area contributed by atoms with Crippen molar-refractivity contribution in [2.75, 3.05) is 11.9 Å². The van der Waals surface area contributed by atoms with Crippen molar-refractivity contribution >= 4 is 22.8 Å². The normalized spacial score (nSPS) is 15.0. The summed E-state index contributed by atoms with van der Waals surface area (Å²) in [6, 6.07) is 3.14. The fraction of sp³-hybridized carbons (Fsp3) is 0.389. The highest BCUT2D eigenvalue weighted by molar-refractivity contribution is 5.93. The van der Waals surface area contributed by atoms with E-state index in [1.807, 2.05) is 13.8 Å².